The van der Waals surface area contributed by atoms with E-state index in [0.717, 1.165) is 25.2 Å². The van der Waals surface area contributed by atoms with Crippen LogP contribution in [0.15, 0.2) is 11.6 Å². The summed E-state index contributed by atoms with van der Waals surface area (Å²) in [6, 6.07) is 0. The van der Waals surface area contributed by atoms with Crippen molar-refractivity contribution < 1.29 is 19.8 Å². The molecule has 0 aromatic carbocycles. The molecule has 5 nitrogen and oxygen atoms in total. The predicted molar refractivity (Wildman–Crippen MR) is 67.4 cm³/mol. The van der Waals surface area contributed by atoms with Gasteiger partial charge in [-0.3, -0.25) is 14.5 Å². The maximum atomic E-state index is 11.1. The van der Waals surface area contributed by atoms with Crippen LogP contribution in [-0.2, 0) is 9.59 Å². The second-order valence-corrected chi connectivity index (χ2v) is 4.65. The van der Waals surface area contributed by atoms with Gasteiger partial charge < -0.3 is 10.2 Å². The van der Waals surface area contributed by atoms with Gasteiger partial charge >= 0.3 is 11.9 Å². The number of carbonyl (C=O) groups is 2. The minimum atomic E-state index is -1.01. The average molecular weight is 255 g/mol. The number of carboxylic acids is 2. The van der Waals surface area contributed by atoms with Gasteiger partial charge in [-0.15, -0.1) is 0 Å². The lowest BCUT2D eigenvalue weighted by molar-refractivity contribution is -0.153. The Morgan fingerprint density at radius 1 is 1.22 bits per heavy atom. The summed E-state index contributed by atoms with van der Waals surface area (Å²) < 4.78 is 0. The number of nitrogens with zero attached hydrogens (tertiary/aromatic N) is 1. The summed E-state index contributed by atoms with van der Waals surface area (Å²) in [6.07, 6.45) is 2.57. The van der Waals surface area contributed by atoms with Crippen molar-refractivity contribution in [3.8, 4) is 0 Å². The Kier molecular flexibility index (Phi) is 5.34. The highest BCUT2D eigenvalue weighted by atomic mass is 16.4. The van der Waals surface area contributed by atoms with E-state index in [1.165, 1.54) is 0 Å². The average Bonchev–Trinajstić information content (AvgIpc) is 2.35. The lowest BCUT2D eigenvalue weighted by atomic mass is 9.79. The fourth-order valence-corrected chi connectivity index (χ4v) is 2.36. The van der Waals surface area contributed by atoms with Gasteiger partial charge in [-0.25, -0.2) is 0 Å². The standard InChI is InChI=1S/C13H21NO4/c1-3-14(4-2)8-9-5-6-10(12(15)16)11(7-9)13(17)18/h5,10-11H,3-4,6-8H2,1-2H3,(H,15,16)(H,17,18). The lowest BCUT2D eigenvalue weighted by Gasteiger charge is -2.28. The third-order valence-electron chi connectivity index (χ3n) is 3.58. The molecular weight excluding hydrogens is 234 g/mol. The van der Waals surface area contributed by atoms with Crippen LogP contribution >= 0.6 is 0 Å². The van der Waals surface area contributed by atoms with Crippen LogP contribution in [0.25, 0.3) is 0 Å². The van der Waals surface area contributed by atoms with Gasteiger partial charge in [-0.1, -0.05) is 25.5 Å². The summed E-state index contributed by atoms with van der Waals surface area (Å²) >= 11 is 0. The van der Waals surface area contributed by atoms with Crippen molar-refractivity contribution in [3.05, 3.63) is 11.6 Å². The molecule has 0 spiro atoms. The van der Waals surface area contributed by atoms with E-state index in [2.05, 4.69) is 18.7 Å². The number of carboxylic acid groups (broad SMARTS) is 2. The first kappa shape index (κ1) is 14.7. The van der Waals surface area contributed by atoms with Crippen molar-refractivity contribution in [2.75, 3.05) is 19.6 Å². The molecule has 1 aliphatic carbocycles. The minimum absolute atomic E-state index is 0.322. The first-order chi connectivity index (χ1) is 8.49. The van der Waals surface area contributed by atoms with E-state index in [-0.39, 0.29) is 0 Å². The van der Waals surface area contributed by atoms with E-state index >= 15 is 0 Å². The van der Waals surface area contributed by atoms with Gasteiger partial charge in [-0.2, -0.15) is 0 Å². The highest BCUT2D eigenvalue weighted by Crippen LogP contribution is 2.30. The molecule has 2 unspecified atom stereocenters. The van der Waals surface area contributed by atoms with E-state index in [4.69, 9.17) is 10.2 Å². The Morgan fingerprint density at radius 3 is 2.22 bits per heavy atom. The fourth-order valence-electron chi connectivity index (χ4n) is 2.36. The van der Waals surface area contributed by atoms with Crippen molar-refractivity contribution in [2.45, 2.75) is 26.7 Å². The fraction of sp³-hybridized carbons (Fsp3) is 0.692. The van der Waals surface area contributed by atoms with Crippen molar-refractivity contribution in [1.29, 1.82) is 0 Å². The summed E-state index contributed by atoms with van der Waals surface area (Å²) in [7, 11) is 0. The van der Waals surface area contributed by atoms with Crippen LogP contribution < -0.4 is 0 Å². The van der Waals surface area contributed by atoms with Crippen molar-refractivity contribution >= 4 is 11.9 Å². The van der Waals surface area contributed by atoms with Crippen molar-refractivity contribution in [3.63, 3.8) is 0 Å². The van der Waals surface area contributed by atoms with Gasteiger partial charge in [0.05, 0.1) is 11.8 Å². The molecule has 0 radical (unpaired) electrons. The molecule has 0 aromatic rings. The Morgan fingerprint density at radius 2 is 1.78 bits per heavy atom. The zero-order chi connectivity index (χ0) is 13.7. The summed E-state index contributed by atoms with van der Waals surface area (Å²) in [5.74, 6) is -3.60. The second-order valence-electron chi connectivity index (χ2n) is 4.65. The van der Waals surface area contributed by atoms with Gasteiger partial charge in [0.2, 0.25) is 0 Å². The number of rotatable bonds is 6. The maximum Gasteiger partial charge on any atom is 0.307 e. The van der Waals surface area contributed by atoms with Crippen LogP contribution in [0.1, 0.15) is 26.7 Å². The Labute approximate surface area is 107 Å². The molecule has 0 aliphatic heterocycles. The molecule has 0 saturated carbocycles. The largest absolute Gasteiger partial charge is 0.481 e. The quantitative estimate of drug-likeness (QED) is 0.702. The predicted octanol–water partition coefficient (Wildman–Crippen LogP) is 1.45. The molecule has 0 fully saturated rings. The highest BCUT2D eigenvalue weighted by molar-refractivity contribution is 5.80. The van der Waals surface area contributed by atoms with Gasteiger partial charge in [-0.05, 0) is 25.9 Å². The molecule has 0 saturated heterocycles. The van der Waals surface area contributed by atoms with E-state index < -0.39 is 23.8 Å². The number of likely N-dealkylation sites (N-methyl/N-ethyl adjacent to an activating group) is 1. The van der Waals surface area contributed by atoms with E-state index in [0.29, 0.717) is 12.8 Å². The third kappa shape index (κ3) is 3.57. The van der Waals surface area contributed by atoms with Crippen molar-refractivity contribution in [1.82, 2.24) is 4.90 Å². The smallest absolute Gasteiger partial charge is 0.307 e. The van der Waals surface area contributed by atoms with Gasteiger partial charge in [0, 0.05) is 6.54 Å². The molecule has 5 heteroatoms. The summed E-state index contributed by atoms with van der Waals surface area (Å²) in [5.41, 5.74) is 1.05. The molecular formula is C13H21NO4. The number of hydrogen-bond acceptors (Lipinski definition) is 3. The summed E-state index contributed by atoms with van der Waals surface area (Å²) in [4.78, 5) is 24.3. The molecule has 0 heterocycles. The molecule has 102 valence electrons. The molecule has 2 N–H and O–H groups in total. The van der Waals surface area contributed by atoms with E-state index in [1.54, 1.807) is 0 Å². The van der Waals surface area contributed by atoms with Crippen LogP contribution in [0.5, 0.6) is 0 Å². The van der Waals surface area contributed by atoms with Crippen molar-refractivity contribution in [2.24, 2.45) is 11.8 Å². The molecule has 1 rings (SSSR count). The Balaban J connectivity index is 2.75. The SMILES string of the molecule is CCN(CC)CC1=CCC(C(=O)O)C(C(=O)O)C1. The second kappa shape index (κ2) is 6.54. The van der Waals surface area contributed by atoms with E-state index in [9.17, 15) is 9.59 Å². The number of hydrogen-bond donors (Lipinski definition) is 2. The maximum absolute atomic E-state index is 11.1. The first-order valence-electron chi connectivity index (χ1n) is 6.35. The number of aliphatic carboxylic acids is 2. The van der Waals surface area contributed by atoms with Crippen LogP contribution in [0.2, 0.25) is 0 Å². The topological polar surface area (TPSA) is 77.8 Å². The first-order valence-corrected chi connectivity index (χ1v) is 6.35. The molecule has 2 atom stereocenters. The Bertz CT molecular complexity index is 347. The van der Waals surface area contributed by atoms with Gasteiger partial charge in [0.1, 0.15) is 0 Å². The van der Waals surface area contributed by atoms with Crippen LogP contribution in [0, 0.1) is 11.8 Å². The molecule has 18 heavy (non-hydrogen) atoms. The molecule has 0 aromatic heterocycles. The summed E-state index contributed by atoms with van der Waals surface area (Å²) in [6.45, 7) is 6.67. The zero-order valence-electron chi connectivity index (χ0n) is 10.9. The minimum Gasteiger partial charge on any atom is -0.481 e. The normalized spacial score (nSPS) is 23.8. The monoisotopic (exact) mass is 255 g/mol. The lowest BCUT2D eigenvalue weighted by Crippen LogP contribution is -2.34. The van der Waals surface area contributed by atoms with Gasteiger partial charge in [0.15, 0.2) is 0 Å². The van der Waals surface area contributed by atoms with Gasteiger partial charge in [0.25, 0.3) is 0 Å². The molecule has 0 amide bonds. The van der Waals surface area contributed by atoms with Crippen LogP contribution in [-0.4, -0.2) is 46.7 Å². The third-order valence-corrected chi connectivity index (χ3v) is 3.58. The zero-order valence-corrected chi connectivity index (χ0v) is 10.9. The van der Waals surface area contributed by atoms with Crippen LogP contribution in [0.3, 0.4) is 0 Å². The summed E-state index contributed by atoms with van der Waals surface area (Å²) in [5, 5.41) is 18.1. The number of allylic oxidation sites excluding steroid dienone is 1. The van der Waals surface area contributed by atoms with E-state index in [1.807, 2.05) is 6.08 Å². The molecule has 1 aliphatic rings. The Hall–Kier alpha value is -1.36. The van der Waals surface area contributed by atoms with Crippen LogP contribution in [0.4, 0.5) is 0 Å². The molecule has 0 bridgehead atoms. The highest BCUT2D eigenvalue weighted by Gasteiger charge is 2.36.